The lowest BCUT2D eigenvalue weighted by Gasteiger charge is -2.57. The fraction of sp³-hybridized carbons (Fsp3) is 0.294. The molecule has 21 rings (SSSR count). The fourth-order valence-corrected chi connectivity index (χ4v) is 20.4. The molecule has 8 bridgehead atoms. The van der Waals surface area contributed by atoms with Gasteiger partial charge in [0.1, 0.15) is 5.58 Å². The summed E-state index contributed by atoms with van der Waals surface area (Å²) >= 11 is 1.94. The minimum absolute atomic E-state index is 0.0830. The van der Waals surface area contributed by atoms with Gasteiger partial charge < -0.3 is 13.8 Å². The van der Waals surface area contributed by atoms with Crippen LogP contribution < -0.4 is 15.7 Å². The predicted molar refractivity (Wildman–Crippen MR) is 305 cm³/mol. The van der Waals surface area contributed by atoms with Gasteiger partial charge in [-0.15, -0.1) is 11.3 Å². The molecule has 5 heterocycles. The minimum atomic E-state index is -0.0830. The first-order chi connectivity index (χ1) is 36.0. The Labute approximate surface area is 429 Å². The molecule has 8 aromatic carbocycles. The van der Waals surface area contributed by atoms with Gasteiger partial charge in [-0.25, -0.2) is 0 Å². The van der Waals surface area contributed by atoms with Gasteiger partial charge in [-0.3, -0.25) is 0 Å². The van der Waals surface area contributed by atoms with E-state index in [1.165, 1.54) is 180 Å². The Balaban J connectivity index is 0.959. The molecule has 0 N–H and O–H groups in total. The minimum Gasteiger partial charge on any atom is -0.454 e. The fourth-order valence-electron chi connectivity index (χ4n) is 19.2. The van der Waals surface area contributed by atoms with E-state index in [0.717, 1.165) is 46.7 Å². The highest BCUT2D eigenvalue weighted by atomic mass is 32.1. The zero-order chi connectivity index (χ0) is 47.1. The third-order valence-electron chi connectivity index (χ3n) is 21.2. The van der Waals surface area contributed by atoms with Crippen LogP contribution in [-0.2, 0) is 10.8 Å². The van der Waals surface area contributed by atoms with Crippen molar-refractivity contribution in [3.8, 4) is 27.9 Å². The highest BCUT2D eigenvalue weighted by molar-refractivity contribution is 7.25. The van der Waals surface area contributed by atoms with Crippen molar-refractivity contribution in [2.75, 3.05) is 4.81 Å². The van der Waals surface area contributed by atoms with Crippen LogP contribution in [0.5, 0.6) is 0 Å². The van der Waals surface area contributed by atoms with Crippen molar-refractivity contribution in [2.45, 2.75) is 87.9 Å². The molecule has 352 valence electrons. The highest BCUT2D eigenvalue weighted by Gasteiger charge is 2.54. The topological polar surface area (TPSA) is 21.3 Å². The number of para-hydroxylation sites is 1. The van der Waals surface area contributed by atoms with Crippen LogP contribution in [0.3, 0.4) is 0 Å². The van der Waals surface area contributed by atoms with Crippen LogP contribution in [0.2, 0.25) is 0 Å². The van der Waals surface area contributed by atoms with Gasteiger partial charge in [0.05, 0.1) is 16.7 Å². The lowest BCUT2D eigenvalue weighted by Crippen LogP contribution is -2.61. The number of rotatable bonds is 4. The van der Waals surface area contributed by atoms with Gasteiger partial charge in [0.2, 0.25) is 0 Å². The number of benzene rings is 8. The van der Waals surface area contributed by atoms with Crippen LogP contribution in [-0.4, -0.2) is 11.4 Å². The van der Waals surface area contributed by atoms with Crippen LogP contribution in [0.15, 0.2) is 156 Å². The molecule has 2 aliphatic heterocycles. The number of hydrogen-bond acceptors (Lipinski definition) is 3. The summed E-state index contributed by atoms with van der Waals surface area (Å²) < 4.78 is 12.8. The van der Waals surface area contributed by atoms with Gasteiger partial charge in [0.25, 0.3) is 0 Å². The smallest absolute Gasteiger partial charge is 0.333 e. The summed E-state index contributed by atoms with van der Waals surface area (Å²) in [5.41, 5.74) is 20.2. The third-order valence-corrected chi connectivity index (χ3v) is 22.4. The number of furan rings is 1. The third kappa shape index (κ3) is 5.23. The summed E-state index contributed by atoms with van der Waals surface area (Å²) in [6.45, 7) is -0.0830. The van der Waals surface area contributed by atoms with E-state index >= 15 is 0 Å². The number of aromatic nitrogens is 1. The second-order valence-corrected chi connectivity index (χ2v) is 26.3. The first kappa shape index (κ1) is 39.9. The molecular weight excluding hydrogens is 904 g/mol. The molecule has 5 heteroatoms. The summed E-state index contributed by atoms with van der Waals surface area (Å²) in [5.74, 6) is 5.28. The molecule has 8 fully saturated rings. The molecule has 0 amide bonds. The first-order valence-electron chi connectivity index (χ1n) is 28.0. The zero-order valence-corrected chi connectivity index (χ0v) is 42.0. The second-order valence-electron chi connectivity index (χ2n) is 25.2. The maximum Gasteiger partial charge on any atom is 0.333 e. The Bertz CT molecular complexity index is 4180. The average molecular weight is 959 g/mol. The van der Waals surface area contributed by atoms with Crippen molar-refractivity contribution in [2.24, 2.45) is 35.5 Å². The SMILES string of the molecule is c1ccc(-c2ccc(N3B4c5c(cc6c(oc7ccccc76)c5-n5c6ccc(C78CC9CC(CC(C9)C7)C8)cc6c6cc(C78CC9CC(CC(C9)C7)C8)cc4c65)-c4cc5c(cc43)sc3ccccc35)cc2)cc1. The van der Waals surface area contributed by atoms with E-state index < -0.39 is 0 Å². The maximum absolute atomic E-state index is 7.34. The highest BCUT2D eigenvalue weighted by Crippen LogP contribution is 2.63. The molecule has 10 aliphatic rings. The standard InChI is InChI=1S/C68H55BN2OS/c1-2-8-44(9-3-1)45-14-17-48(18-15-45)71-59-31-62-53(50-11-5-7-13-61(50)73-62)29-52(59)54-30-56-49-10-4-6-12-60(49)72-66(56)65-63(54)69(71)57-28-47(68-35-41-23-42(36-68)25-43(24-41)37-68)27-55-51-26-46(16-19-58(51)70(65)64(55)57)67-32-38-20-39(33-67)22-40(21-38)34-67/h1-19,26-31,38-43H,20-25,32-37H2. The van der Waals surface area contributed by atoms with Crippen molar-refractivity contribution in [3.63, 3.8) is 0 Å². The largest absolute Gasteiger partial charge is 0.454 e. The lowest BCUT2D eigenvalue weighted by molar-refractivity contribution is -0.00526. The molecule has 0 spiro atoms. The lowest BCUT2D eigenvalue weighted by atomic mass is 9.42. The van der Waals surface area contributed by atoms with Gasteiger partial charge in [0.15, 0.2) is 5.58 Å². The van der Waals surface area contributed by atoms with Gasteiger partial charge >= 0.3 is 6.85 Å². The van der Waals surface area contributed by atoms with E-state index in [-0.39, 0.29) is 12.3 Å². The normalized spacial score (nSPS) is 27.9. The van der Waals surface area contributed by atoms with Crippen LogP contribution in [0.25, 0.3) is 91.9 Å². The van der Waals surface area contributed by atoms with E-state index in [2.05, 4.69) is 161 Å². The number of nitrogens with zero attached hydrogens (tertiary/aromatic N) is 2. The van der Waals surface area contributed by atoms with Gasteiger partial charge in [0, 0.05) is 58.7 Å². The van der Waals surface area contributed by atoms with Crippen molar-refractivity contribution < 1.29 is 4.42 Å². The summed E-state index contributed by atoms with van der Waals surface area (Å²) in [5, 5.41) is 8.01. The molecule has 8 aliphatic carbocycles. The van der Waals surface area contributed by atoms with E-state index in [4.69, 9.17) is 4.42 Å². The number of fused-ring (bicyclic) bond motifs is 14. The van der Waals surface area contributed by atoms with Gasteiger partial charge in [-0.2, -0.15) is 0 Å². The van der Waals surface area contributed by atoms with Crippen LogP contribution >= 0.6 is 11.3 Å². The van der Waals surface area contributed by atoms with E-state index in [1.54, 1.807) is 11.1 Å². The molecule has 3 nitrogen and oxygen atoms in total. The Morgan fingerprint density at radius 2 is 1.10 bits per heavy atom. The maximum atomic E-state index is 7.34. The average Bonchev–Trinajstić information content (AvgIpc) is 4.11. The Kier molecular flexibility index (Phi) is 7.53. The van der Waals surface area contributed by atoms with Gasteiger partial charge in [-0.1, -0.05) is 91.0 Å². The molecule has 0 radical (unpaired) electrons. The van der Waals surface area contributed by atoms with Crippen molar-refractivity contribution in [3.05, 3.63) is 163 Å². The molecule has 3 aromatic heterocycles. The van der Waals surface area contributed by atoms with Crippen molar-refractivity contribution in [1.29, 1.82) is 0 Å². The van der Waals surface area contributed by atoms with Crippen LogP contribution in [0.4, 0.5) is 11.4 Å². The van der Waals surface area contributed by atoms with Gasteiger partial charge in [-0.05, 0) is 223 Å². The quantitative estimate of drug-likeness (QED) is 0.164. The van der Waals surface area contributed by atoms with Crippen molar-refractivity contribution >= 4 is 104 Å². The van der Waals surface area contributed by atoms with Crippen LogP contribution in [0.1, 0.15) is 88.2 Å². The predicted octanol–water partition coefficient (Wildman–Crippen LogP) is 16.9. The molecule has 0 atom stereocenters. The molecule has 73 heavy (non-hydrogen) atoms. The molecule has 11 aromatic rings. The number of hydrogen-bond donors (Lipinski definition) is 0. The summed E-state index contributed by atoms with van der Waals surface area (Å²) in [6, 6.07) is 59.6. The van der Waals surface area contributed by atoms with E-state index in [9.17, 15) is 0 Å². The Morgan fingerprint density at radius 1 is 0.479 bits per heavy atom. The Hall–Kier alpha value is -6.56. The first-order valence-corrected chi connectivity index (χ1v) is 28.8. The monoisotopic (exact) mass is 958 g/mol. The van der Waals surface area contributed by atoms with Crippen molar-refractivity contribution in [1.82, 2.24) is 4.57 Å². The summed E-state index contributed by atoms with van der Waals surface area (Å²) in [4.78, 5) is 2.79. The van der Waals surface area contributed by atoms with E-state index in [0.29, 0.717) is 5.41 Å². The molecule has 8 saturated carbocycles. The van der Waals surface area contributed by atoms with Crippen LogP contribution in [0, 0.1) is 35.5 Å². The molecule has 0 unspecified atom stereocenters. The summed E-state index contributed by atoms with van der Waals surface area (Å²) in [7, 11) is 0. The Morgan fingerprint density at radius 3 is 1.82 bits per heavy atom. The second kappa shape index (κ2) is 13.8. The number of anilines is 2. The summed E-state index contributed by atoms with van der Waals surface area (Å²) in [6.07, 6.45) is 16.9. The van der Waals surface area contributed by atoms with E-state index in [1.807, 2.05) is 11.3 Å². The number of thiophene rings is 1. The zero-order valence-electron chi connectivity index (χ0n) is 41.2. The molecular formula is C68H55BN2OS. The molecule has 0 saturated heterocycles.